The molecule has 0 saturated heterocycles. The summed E-state index contributed by atoms with van der Waals surface area (Å²) in [6, 6.07) is 11.0. The first kappa shape index (κ1) is 20.1. The first-order chi connectivity index (χ1) is 13.6. The van der Waals surface area contributed by atoms with Gasteiger partial charge < -0.3 is 20.5 Å². The third-order valence-electron chi connectivity index (χ3n) is 4.56. The van der Waals surface area contributed by atoms with Crippen molar-refractivity contribution in [2.75, 3.05) is 18.5 Å². The van der Waals surface area contributed by atoms with E-state index in [1.54, 1.807) is 0 Å². The van der Waals surface area contributed by atoms with Gasteiger partial charge in [0.05, 0.1) is 13.2 Å². The molecule has 149 valence electrons. The molecule has 7 heteroatoms. The summed E-state index contributed by atoms with van der Waals surface area (Å²) in [7, 11) is 0. The van der Waals surface area contributed by atoms with Gasteiger partial charge in [0.15, 0.2) is 11.6 Å². The highest BCUT2D eigenvalue weighted by atomic mass is 19.1. The number of hydrogen-bond donors (Lipinski definition) is 2. The highest BCUT2D eigenvalue weighted by Crippen LogP contribution is 2.26. The Bertz CT molecular complexity index is 780. The molecule has 1 aromatic carbocycles. The number of carbonyl (C=O) groups is 1. The number of hydrogen-bond acceptors (Lipinski definition) is 5. The van der Waals surface area contributed by atoms with E-state index in [-0.39, 0.29) is 29.9 Å². The number of aromatic nitrogens is 1. The van der Waals surface area contributed by atoms with Crippen LogP contribution in [0.15, 0.2) is 36.4 Å². The number of anilines is 1. The maximum Gasteiger partial charge on any atom is 0.254 e. The molecule has 1 amide bonds. The molecule has 0 spiro atoms. The number of carbonyl (C=O) groups excluding carboxylic acids is 1. The van der Waals surface area contributed by atoms with Gasteiger partial charge in [-0.3, -0.25) is 4.79 Å². The highest BCUT2D eigenvalue weighted by Gasteiger charge is 2.20. The summed E-state index contributed by atoms with van der Waals surface area (Å²) in [5, 5.41) is 3.11. The molecule has 1 aliphatic rings. The molecule has 1 aromatic heterocycles. The maximum atomic E-state index is 14.4. The minimum absolute atomic E-state index is 0.0158. The van der Waals surface area contributed by atoms with Crippen molar-refractivity contribution in [1.82, 2.24) is 4.98 Å². The van der Waals surface area contributed by atoms with E-state index >= 15 is 0 Å². The molecule has 0 aliphatic heterocycles. The van der Waals surface area contributed by atoms with Crippen LogP contribution in [0.2, 0.25) is 0 Å². The Hall–Kier alpha value is -2.67. The van der Waals surface area contributed by atoms with Crippen molar-refractivity contribution in [3.8, 4) is 5.88 Å². The molecular weight excluding hydrogens is 361 g/mol. The van der Waals surface area contributed by atoms with Crippen molar-refractivity contribution in [3.05, 3.63) is 59.8 Å². The monoisotopic (exact) mass is 386 g/mol. The summed E-state index contributed by atoms with van der Waals surface area (Å²) in [5.41, 5.74) is 6.31. The molecule has 3 N–H and O–H groups in total. The third-order valence-corrected chi connectivity index (χ3v) is 4.56. The number of pyridine rings is 1. The molecular formula is C21H25FN3O3. The SMILES string of the molecule is NC(=O)c1cc(F)c(NC2CC[CH]CC2)nc1OCCOCc1ccccc1. The second-order valence-electron chi connectivity index (χ2n) is 6.71. The average Bonchev–Trinajstić information content (AvgIpc) is 2.71. The zero-order chi connectivity index (χ0) is 19.8. The molecule has 0 unspecified atom stereocenters. The highest BCUT2D eigenvalue weighted by molar-refractivity contribution is 5.95. The van der Waals surface area contributed by atoms with Crippen LogP contribution >= 0.6 is 0 Å². The van der Waals surface area contributed by atoms with Crippen molar-refractivity contribution >= 4 is 11.7 Å². The van der Waals surface area contributed by atoms with Gasteiger partial charge in [0.25, 0.3) is 5.91 Å². The van der Waals surface area contributed by atoms with Gasteiger partial charge in [-0.1, -0.05) is 30.3 Å². The maximum absolute atomic E-state index is 14.4. The number of nitrogens with one attached hydrogen (secondary N) is 1. The molecule has 2 aromatic rings. The van der Waals surface area contributed by atoms with Gasteiger partial charge in [-0.15, -0.1) is 0 Å². The first-order valence-electron chi connectivity index (χ1n) is 9.46. The molecule has 1 aliphatic carbocycles. The number of rotatable bonds is 9. The van der Waals surface area contributed by atoms with E-state index in [0.29, 0.717) is 13.2 Å². The Balaban J connectivity index is 1.59. The zero-order valence-electron chi connectivity index (χ0n) is 15.7. The van der Waals surface area contributed by atoms with E-state index in [2.05, 4.69) is 16.7 Å². The minimum Gasteiger partial charge on any atom is -0.475 e. The van der Waals surface area contributed by atoms with Gasteiger partial charge in [0, 0.05) is 6.04 Å². The van der Waals surface area contributed by atoms with E-state index in [0.717, 1.165) is 37.3 Å². The fourth-order valence-corrected chi connectivity index (χ4v) is 3.09. The standard InChI is InChI=1S/C21H25FN3O3/c22-18-13-17(19(23)26)21(25-20(18)24-16-9-5-2-6-10-16)28-12-11-27-14-15-7-3-1-4-8-15/h1-4,7-8,13,16H,5-6,9-12,14H2,(H2,23,26)(H,24,25). The van der Waals surface area contributed by atoms with Gasteiger partial charge in [-0.2, -0.15) is 4.98 Å². The Morgan fingerprint density at radius 2 is 1.96 bits per heavy atom. The Morgan fingerprint density at radius 3 is 2.68 bits per heavy atom. The summed E-state index contributed by atoms with van der Waals surface area (Å²) in [5.74, 6) is -1.30. The number of nitrogens with zero attached hydrogens (tertiary/aromatic N) is 1. The van der Waals surface area contributed by atoms with E-state index in [1.165, 1.54) is 0 Å². The van der Waals surface area contributed by atoms with Crippen LogP contribution in [0.4, 0.5) is 10.2 Å². The largest absolute Gasteiger partial charge is 0.475 e. The lowest BCUT2D eigenvalue weighted by molar-refractivity contribution is 0.0858. The predicted molar refractivity (Wildman–Crippen MR) is 104 cm³/mol. The Morgan fingerprint density at radius 1 is 1.21 bits per heavy atom. The van der Waals surface area contributed by atoms with E-state index in [9.17, 15) is 9.18 Å². The number of ether oxygens (including phenoxy) is 2. The van der Waals surface area contributed by atoms with Crippen molar-refractivity contribution < 1.29 is 18.7 Å². The summed E-state index contributed by atoms with van der Waals surface area (Å²) >= 11 is 0. The van der Waals surface area contributed by atoms with Crippen LogP contribution in [-0.2, 0) is 11.3 Å². The lowest BCUT2D eigenvalue weighted by Crippen LogP contribution is -2.24. The summed E-state index contributed by atoms with van der Waals surface area (Å²) in [6.07, 6.45) is 6.04. The quantitative estimate of drug-likeness (QED) is 0.645. The minimum atomic E-state index is -0.787. The van der Waals surface area contributed by atoms with Crippen LogP contribution in [0, 0.1) is 12.2 Å². The normalized spacial score (nSPS) is 14.6. The third kappa shape index (κ3) is 5.66. The molecule has 3 rings (SSSR count). The molecule has 1 fully saturated rings. The van der Waals surface area contributed by atoms with Gasteiger partial charge in [-0.25, -0.2) is 4.39 Å². The predicted octanol–water partition coefficient (Wildman–Crippen LogP) is 3.47. The molecule has 1 heterocycles. The van der Waals surface area contributed by atoms with Crippen LogP contribution in [0.3, 0.4) is 0 Å². The molecule has 0 bridgehead atoms. The smallest absolute Gasteiger partial charge is 0.254 e. The first-order valence-corrected chi connectivity index (χ1v) is 9.46. The zero-order valence-corrected chi connectivity index (χ0v) is 15.7. The number of amides is 1. The Kier molecular flexibility index (Phi) is 7.19. The van der Waals surface area contributed by atoms with E-state index in [4.69, 9.17) is 15.2 Å². The summed E-state index contributed by atoms with van der Waals surface area (Å²) < 4.78 is 25.5. The van der Waals surface area contributed by atoms with Crippen molar-refractivity contribution in [2.24, 2.45) is 5.73 Å². The number of halogens is 1. The van der Waals surface area contributed by atoms with Crippen LogP contribution in [0.1, 0.15) is 41.6 Å². The van der Waals surface area contributed by atoms with Gasteiger partial charge in [0.1, 0.15) is 12.2 Å². The van der Waals surface area contributed by atoms with Crippen LogP contribution < -0.4 is 15.8 Å². The topological polar surface area (TPSA) is 86.5 Å². The molecule has 6 nitrogen and oxygen atoms in total. The molecule has 1 saturated carbocycles. The number of nitrogens with two attached hydrogens (primary N) is 1. The number of primary amides is 1. The summed E-state index contributed by atoms with van der Waals surface area (Å²) in [4.78, 5) is 15.8. The van der Waals surface area contributed by atoms with Gasteiger partial charge >= 0.3 is 0 Å². The summed E-state index contributed by atoms with van der Waals surface area (Å²) in [6.45, 7) is 0.923. The van der Waals surface area contributed by atoms with Crippen molar-refractivity contribution in [3.63, 3.8) is 0 Å². The second kappa shape index (κ2) is 10.0. The molecule has 0 atom stereocenters. The number of benzene rings is 1. The van der Waals surface area contributed by atoms with Gasteiger partial charge in [0.2, 0.25) is 5.88 Å². The molecule has 1 radical (unpaired) electrons. The van der Waals surface area contributed by atoms with Gasteiger partial charge in [-0.05, 0) is 43.7 Å². The van der Waals surface area contributed by atoms with Crippen LogP contribution in [-0.4, -0.2) is 30.1 Å². The second-order valence-corrected chi connectivity index (χ2v) is 6.71. The average molecular weight is 386 g/mol. The fourth-order valence-electron chi connectivity index (χ4n) is 3.09. The van der Waals surface area contributed by atoms with E-state index < -0.39 is 11.7 Å². The van der Waals surface area contributed by atoms with Crippen LogP contribution in [0.25, 0.3) is 0 Å². The Labute approximate surface area is 164 Å². The molecule has 28 heavy (non-hydrogen) atoms. The van der Waals surface area contributed by atoms with Crippen LogP contribution in [0.5, 0.6) is 5.88 Å². The lowest BCUT2D eigenvalue weighted by Gasteiger charge is -2.23. The van der Waals surface area contributed by atoms with Crippen molar-refractivity contribution in [1.29, 1.82) is 0 Å². The van der Waals surface area contributed by atoms with E-state index in [1.807, 2.05) is 30.3 Å². The lowest BCUT2D eigenvalue weighted by atomic mass is 9.95. The van der Waals surface area contributed by atoms with Crippen molar-refractivity contribution in [2.45, 2.75) is 38.3 Å². The fraction of sp³-hybridized carbons (Fsp3) is 0.381.